The Morgan fingerprint density at radius 2 is 1.61 bits per heavy atom. The fourth-order valence-electron chi connectivity index (χ4n) is 1.56. The van der Waals surface area contributed by atoms with Crippen LogP contribution < -0.4 is 0 Å². The van der Waals surface area contributed by atoms with Gasteiger partial charge in [-0.1, -0.05) is 56.8 Å². The Hall–Kier alpha value is 0.0800. The van der Waals surface area contributed by atoms with Crippen LogP contribution in [0.4, 0.5) is 0 Å². The van der Waals surface area contributed by atoms with E-state index in [0.717, 1.165) is 15.6 Å². The molecule has 5 heteroatoms. The average molecular weight is 385 g/mol. The SMILES string of the molecule is Clc1ccc(Br)c(C(Cl)c2ccc(Cl)c(Cl)c2)c1. The predicted octanol–water partition coefficient (Wildman–Crippen LogP) is 6.74. The first-order valence-electron chi connectivity index (χ1n) is 5.03. The van der Waals surface area contributed by atoms with E-state index in [1.54, 1.807) is 18.2 Å². The van der Waals surface area contributed by atoms with Gasteiger partial charge >= 0.3 is 0 Å². The topological polar surface area (TPSA) is 0 Å². The second-order valence-electron chi connectivity index (χ2n) is 3.70. The molecule has 18 heavy (non-hydrogen) atoms. The first-order valence-corrected chi connectivity index (χ1v) is 7.39. The van der Waals surface area contributed by atoms with Gasteiger partial charge in [0.2, 0.25) is 0 Å². The van der Waals surface area contributed by atoms with Crippen LogP contribution in [-0.2, 0) is 0 Å². The Morgan fingerprint density at radius 3 is 2.28 bits per heavy atom. The minimum absolute atomic E-state index is 0.340. The lowest BCUT2D eigenvalue weighted by atomic mass is 10.0. The quantitative estimate of drug-likeness (QED) is 0.503. The zero-order valence-corrected chi connectivity index (χ0v) is 13.5. The zero-order chi connectivity index (χ0) is 13.3. The van der Waals surface area contributed by atoms with Gasteiger partial charge in [0.25, 0.3) is 0 Å². The smallest absolute Gasteiger partial charge is 0.0847 e. The van der Waals surface area contributed by atoms with Gasteiger partial charge in [-0.2, -0.15) is 0 Å². The maximum Gasteiger partial charge on any atom is 0.0847 e. The first kappa shape index (κ1) is 14.5. The standard InChI is InChI=1S/C13H7BrCl4/c14-10-3-2-8(15)6-9(10)13(18)7-1-4-11(16)12(17)5-7/h1-6,13H. The number of alkyl halides is 1. The summed E-state index contributed by atoms with van der Waals surface area (Å²) in [6, 6.07) is 10.8. The molecule has 0 heterocycles. The van der Waals surface area contributed by atoms with Gasteiger partial charge in [-0.25, -0.2) is 0 Å². The number of halogens is 5. The van der Waals surface area contributed by atoms with Gasteiger partial charge < -0.3 is 0 Å². The minimum Gasteiger partial charge on any atom is -0.113 e. The molecular weight excluding hydrogens is 378 g/mol. The fourth-order valence-corrected chi connectivity index (χ4v) is 2.97. The maximum atomic E-state index is 6.44. The normalized spacial score (nSPS) is 12.5. The summed E-state index contributed by atoms with van der Waals surface area (Å²) < 4.78 is 0.901. The summed E-state index contributed by atoms with van der Waals surface area (Å²) in [6.45, 7) is 0. The molecule has 0 aliphatic carbocycles. The van der Waals surface area contributed by atoms with E-state index in [4.69, 9.17) is 46.4 Å². The molecule has 0 amide bonds. The van der Waals surface area contributed by atoms with Crippen LogP contribution in [0.1, 0.15) is 16.5 Å². The van der Waals surface area contributed by atoms with E-state index in [9.17, 15) is 0 Å². The molecule has 0 bridgehead atoms. The van der Waals surface area contributed by atoms with E-state index >= 15 is 0 Å². The van der Waals surface area contributed by atoms with Crippen LogP contribution in [0.15, 0.2) is 40.9 Å². The van der Waals surface area contributed by atoms with Crippen LogP contribution in [0.5, 0.6) is 0 Å². The Labute approximate surface area is 134 Å². The Bertz CT molecular complexity index is 583. The van der Waals surface area contributed by atoms with E-state index in [1.165, 1.54) is 0 Å². The molecule has 0 aliphatic heterocycles. The van der Waals surface area contributed by atoms with Gasteiger partial charge in [-0.05, 0) is 41.5 Å². The van der Waals surface area contributed by atoms with Gasteiger partial charge in [-0.3, -0.25) is 0 Å². The third kappa shape index (κ3) is 3.15. The molecule has 0 saturated carbocycles. The van der Waals surface area contributed by atoms with Crippen molar-refractivity contribution in [3.05, 3.63) is 67.1 Å². The lowest BCUT2D eigenvalue weighted by Crippen LogP contribution is -1.95. The van der Waals surface area contributed by atoms with Crippen LogP contribution in [0, 0.1) is 0 Å². The molecule has 2 aromatic carbocycles. The second kappa shape index (κ2) is 6.02. The summed E-state index contributed by atoms with van der Waals surface area (Å²) in [7, 11) is 0. The fraction of sp³-hybridized carbons (Fsp3) is 0.0769. The van der Waals surface area contributed by atoms with Crippen molar-refractivity contribution < 1.29 is 0 Å². The molecule has 94 valence electrons. The van der Waals surface area contributed by atoms with Crippen molar-refractivity contribution in [3.63, 3.8) is 0 Å². The summed E-state index contributed by atoms with van der Waals surface area (Å²) in [5.74, 6) is 0. The van der Waals surface area contributed by atoms with E-state index < -0.39 is 0 Å². The molecule has 2 aromatic rings. The summed E-state index contributed by atoms with van der Waals surface area (Å²) in [5, 5.41) is 1.29. The maximum absolute atomic E-state index is 6.44. The highest BCUT2D eigenvalue weighted by Crippen LogP contribution is 2.37. The predicted molar refractivity (Wildman–Crippen MR) is 83.3 cm³/mol. The number of rotatable bonds is 2. The van der Waals surface area contributed by atoms with E-state index in [2.05, 4.69) is 15.9 Å². The van der Waals surface area contributed by atoms with Gasteiger partial charge in [0.05, 0.1) is 15.4 Å². The summed E-state index contributed by atoms with van der Waals surface area (Å²) in [5.41, 5.74) is 1.76. The highest BCUT2D eigenvalue weighted by atomic mass is 79.9. The first-order chi connectivity index (χ1) is 8.49. The molecule has 2 rings (SSSR count). The van der Waals surface area contributed by atoms with Gasteiger partial charge in [-0.15, -0.1) is 11.6 Å². The lowest BCUT2D eigenvalue weighted by molar-refractivity contribution is 1.13. The average Bonchev–Trinajstić information content (AvgIpc) is 2.35. The summed E-state index contributed by atoms with van der Waals surface area (Å²) in [4.78, 5) is 0. The van der Waals surface area contributed by atoms with Crippen molar-refractivity contribution in [1.82, 2.24) is 0 Å². The Kier molecular flexibility index (Phi) is 4.85. The van der Waals surface area contributed by atoms with Crippen molar-refractivity contribution in [3.8, 4) is 0 Å². The summed E-state index contributed by atoms with van der Waals surface area (Å²) in [6.07, 6.45) is 0. The van der Waals surface area contributed by atoms with E-state index in [1.807, 2.05) is 18.2 Å². The monoisotopic (exact) mass is 382 g/mol. The summed E-state index contributed by atoms with van der Waals surface area (Å²) >= 11 is 27.8. The molecule has 0 spiro atoms. The number of benzene rings is 2. The van der Waals surface area contributed by atoms with E-state index in [-0.39, 0.29) is 5.38 Å². The minimum atomic E-state index is -0.340. The molecule has 0 N–H and O–H groups in total. The third-order valence-corrected chi connectivity index (χ3v) is 4.65. The van der Waals surface area contributed by atoms with Gasteiger partial charge in [0, 0.05) is 9.50 Å². The number of hydrogen-bond donors (Lipinski definition) is 0. The molecule has 0 fully saturated rings. The van der Waals surface area contributed by atoms with Crippen molar-refractivity contribution in [1.29, 1.82) is 0 Å². The van der Waals surface area contributed by atoms with Crippen molar-refractivity contribution >= 4 is 62.3 Å². The molecular formula is C13H7BrCl4. The van der Waals surface area contributed by atoms with Crippen molar-refractivity contribution in [2.24, 2.45) is 0 Å². The molecule has 1 unspecified atom stereocenters. The van der Waals surface area contributed by atoms with Crippen LogP contribution in [-0.4, -0.2) is 0 Å². The molecule has 0 aromatic heterocycles. The third-order valence-electron chi connectivity index (χ3n) is 2.47. The van der Waals surface area contributed by atoms with Gasteiger partial charge in [0.15, 0.2) is 0 Å². The molecule has 1 atom stereocenters. The lowest BCUT2D eigenvalue weighted by Gasteiger charge is -2.13. The zero-order valence-electron chi connectivity index (χ0n) is 8.93. The molecule has 0 saturated heterocycles. The molecule has 0 nitrogen and oxygen atoms in total. The largest absolute Gasteiger partial charge is 0.113 e. The van der Waals surface area contributed by atoms with Crippen LogP contribution >= 0.6 is 62.3 Å². The van der Waals surface area contributed by atoms with Crippen molar-refractivity contribution in [2.75, 3.05) is 0 Å². The van der Waals surface area contributed by atoms with E-state index in [0.29, 0.717) is 15.1 Å². The second-order valence-corrected chi connectivity index (χ2v) is 6.24. The van der Waals surface area contributed by atoms with Crippen LogP contribution in [0.2, 0.25) is 15.1 Å². The molecule has 0 aliphatic rings. The molecule has 0 radical (unpaired) electrons. The van der Waals surface area contributed by atoms with Gasteiger partial charge in [0.1, 0.15) is 0 Å². The Balaban J connectivity index is 2.44. The van der Waals surface area contributed by atoms with Crippen LogP contribution in [0.3, 0.4) is 0 Å². The van der Waals surface area contributed by atoms with Crippen molar-refractivity contribution in [2.45, 2.75) is 5.38 Å². The Morgan fingerprint density at radius 1 is 0.889 bits per heavy atom. The highest BCUT2D eigenvalue weighted by Gasteiger charge is 2.15. The van der Waals surface area contributed by atoms with Crippen LogP contribution in [0.25, 0.3) is 0 Å². The highest BCUT2D eigenvalue weighted by molar-refractivity contribution is 9.10. The number of hydrogen-bond acceptors (Lipinski definition) is 0.